The summed E-state index contributed by atoms with van der Waals surface area (Å²) in [5, 5.41) is 3.04. The summed E-state index contributed by atoms with van der Waals surface area (Å²) in [6, 6.07) is 16.5. The minimum Gasteiger partial charge on any atom is -0.321 e. The summed E-state index contributed by atoms with van der Waals surface area (Å²) in [5.74, 6) is 0. The predicted octanol–water partition coefficient (Wildman–Crippen LogP) is 2.80. The molecule has 18 heavy (non-hydrogen) atoms. The number of benzene rings is 3. The van der Waals surface area contributed by atoms with Gasteiger partial charge in [-0.25, -0.2) is 0 Å². The van der Waals surface area contributed by atoms with E-state index in [-0.39, 0.29) is 5.30 Å². The smallest absolute Gasteiger partial charge is 0.321 e. The van der Waals surface area contributed by atoms with Gasteiger partial charge in [0.05, 0.1) is 5.30 Å². The van der Waals surface area contributed by atoms with Gasteiger partial charge in [-0.3, -0.25) is 4.57 Å². The molecule has 0 aliphatic rings. The molecule has 0 aliphatic heterocycles. The molecule has 0 amide bonds. The first-order valence-electron chi connectivity index (χ1n) is 5.54. The van der Waals surface area contributed by atoms with Gasteiger partial charge in [0, 0.05) is 0 Å². The van der Waals surface area contributed by atoms with Crippen LogP contribution in [0.3, 0.4) is 0 Å². The molecule has 0 aliphatic carbocycles. The van der Waals surface area contributed by atoms with Crippen molar-refractivity contribution in [3.63, 3.8) is 0 Å². The van der Waals surface area contributed by atoms with Crippen molar-refractivity contribution in [3.8, 4) is 0 Å². The van der Waals surface area contributed by atoms with Crippen LogP contribution >= 0.6 is 7.60 Å². The molecule has 90 valence electrons. The third-order valence-electron chi connectivity index (χ3n) is 3.03. The maximum Gasteiger partial charge on any atom is 0.357 e. The summed E-state index contributed by atoms with van der Waals surface area (Å²) in [4.78, 5) is 19.2. The molecule has 0 saturated heterocycles. The number of hydrogen-bond donors (Lipinski definition) is 2. The van der Waals surface area contributed by atoms with Gasteiger partial charge in [-0.1, -0.05) is 48.5 Å². The summed E-state index contributed by atoms with van der Waals surface area (Å²) < 4.78 is 11.8. The van der Waals surface area contributed by atoms with Gasteiger partial charge in [0.15, 0.2) is 0 Å². The molecular weight excluding hydrogens is 247 g/mol. The molecule has 0 aromatic heterocycles. The van der Waals surface area contributed by atoms with Crippen molar-refractivity contribution in [3.05, 3.63) is 54.6 Å². The lowest BCUT2D eigenvalue weighted by atomic mass is 10.0. The molecule has 0 radical (unpaired) electrons. The van der Waals surface area contributed by atoms with Crippen molar-refractivity contribution < 1.29 is 14.4 Å². The average molecular weight is 258 g/mol. The number of rotatable bonds is 1. The van der Waals surface area contributed by atoms with Crippen LogP contribution in [0.1, 0.15) is 0 Å². The summed E-state index contributed by atoms with van der Waals surface area (Å²) in [7, 11) is -4.31. The normalized spacial score (nSPS) is 12.1. The summed E-state index contributed by atoms with van der Waals surface area (Å²) in [6.07, 6.45) is 0. The van der Waals surface area contributed by atoms with Crippen LogP contribution in [-0.2, 0) is 4.57 Å². The topological polar surface area (TPSA) is 57.5 Å². The molecule has 0 atom stereocenters. The van der Waals surface area contributed by atoms with Crippen LogP contribution in [0.2, 0.25) is 0 Å². The van der Waals surface area contributed by atoms with Crippen molar-refractivity contribution in [1.82, 2.24) is 0 Å². The Balaban J connectivity index is 2.63. The Morgan fingerprint density at radius 2 is 1.22 bits per heavy atom. The van der Waals surface area contributed by atoms with E-state index in [4.69, 9.17) is 0 Å². The number of hydrogen-bond acceptors (Lipinski definition) is 1. The fourth-order valence-corrected chi connectivity index (χ4v) is 3.34. The highest BCUT2D eigenvalue weighted by molar-refractivity contribution is 7.61. The van der Waals surface area contributed by atoms with Crippen LogP contribution in [0.4, 0.5) is 0 Å². The van der Waals surface area contributed by atoms with E-state index in [9.17, 15) is 14.4 Å². The van der Waals surface area contributed by atoms with Gasteiger partial charge >= 0.3 is 7.60 Å². The highest BCUT2D eigenvalue weighted by Gasteiger charge is 2.23. The highest BCUT2D eigenvalue weighted by Crippen LogP contribution is 2.39. The molecule has 3 aromatic carbocycles. The first-order chi connectivity index (χ1) is 8.57. The Morgan fingerprint density at radius 1 is 0.778 bits per heavy atom. The Bertz CT molecular complexity index is 735. The predicted molar refractivity (Wildman–Crippen MR) is 73.1 cm³/mol. The molecule has 4 heteroatoms. The van der Waals surface area contributed by atoms with Crippen LogP contribution in [0.25, 0.3) is 21.5 Å². The minimum absolute atomic E-state index is 0.121. The first kappa shape index (κ1) is 11.4. The zero-order chi connectivity index (χ0) is 12.8. The lowest BCUT2D eigenvalue weighted by Gasteiger charge is -2.12. The van der Waals surface area contributed by atoms with E-state index in [1.165, 1.54) is 0 Å². The molecule has 3 aromatic rings. The van der Waals surface area contributed by atoms with Gasteiger partial charge < -0.3 is 9.79 Å². The van der Waals surface area contributed by atoms with Crippen LogP contribution < -0.4 is 5.30 Å². The molecule has 0 bridgehead atoms. The zero-order valence-corrected chi connectivity index (χ0v) is 10.3. The Hall–Kier alpha value is -1.67. The highest BCUT2D eigenvalue weighted by atomic mass is 31.2. The molecule has 0 unspecified atom stereocenters. The average Bonchev–Trinajstić information content (AvgIpc) is 2.34. The summed E-state index contributed by atoms with van der Waals surface area (Å²) in [6.45, 7) is 0. The van der Waals surface area contributed by atoms with Crippen LogP contribution in [-0.4, -0.2) is 9.79 Å². The second-order valence-corrected chi connectivity index (χ2v) is 5.75. The van der Waals surface area contributed by atoms with Crippen LogP contribution in [0, 0.1) is 0 Å². The third kappa shape index (κ3) is 1.73. The Labute approximate surface area is 104 Å². The molecule has 0 saturated carbocycles. The largest absolute Gasteiger partial charge is 0.357 e. The first-order valence-corrected chi connectivity index (χ1v) is 7.15. The lowest BCUT2D eigenvalue weighted by Crippen LogP contribution is -2.07. The van der Waals surface area contributed by atoms with E-state index in [0.29, 0.717) is 10.8 Å². The van der Waals surface area contributed by atoms with E-state index in [2.05, 4.69) is 0 Å². The van der Waals surface area contributed by atoms with E-state index >= 15 is 0 Å². The second kappa shape index (κ2) is 3.92. The SMILES string of the molecule is O=P(O)(O)c1c2ccccc2cc2ccccc12. The molecular formula is C14H11O3P. The fourth-order valence-electron chi connectivity index (χ4n) is 2.30. The van der Waals surface area contributed by atoms with Gasteiger partial charge in [-0.2, -0.15) is 0 Å². The maximum absolute atomic E-state index is 11.8. The third-order valence-corrected chi connectivity index (χ3v) is 4.10. The summed E-state index contributed by atoms with van der Waals surface area (Å²) >= 11 is 0. The Morgan fingerprint density at radius 3 is 1.67 bits per heavy atom. The molecule has 0 spiro atoms. The minimum atomic E-state index is -4.31. The van der Waals surface area contributed by atoms with Crippen LogP contribution in [0.5, 0.6) is 0 Å². The van der Waals surface area contributed by atoms with E-state index in [1.54, 1.807) is 24.3 Å². The molecule has 0 heterocycles. The zero-order valence-electron chi connectivity index (χ0n) is 9.45. The van der Waals surface area contributed by atoms with E-state index < -0.39 is 7.60 Å². The quantitative estimate of drug-likeness (QED) is 0.521. The van der Waals surface area contributed by atoms with E-state index in [1.807, 2.05) is 30.3 Å². The maximum atomic E-state index is 11.8. The lowest BCUT2D eigenvalue weighted by molar-refractivity contribution is 0.388. The monoisotopic (exact) mass is 258 g/mol. The van der Waals surface area contributed by atoms with Gasteiger partial charge in [0.1, 0.15) is 0 Å². The van der Waals surface area contributed by atoms with Gasteiger partial charge in [0.2, 0.25) is 0 Å². The second-order valence-electron chi connectivity index (χ2n) is 4.21. The van der Waals surface area contributed by atoms with Crippen LogP contribution in [0.15, 0.2) is 54.6 Å². The molecule has 3 nitrogen and oxygen atoms in total. The summed E-state index contributed by atoms with van der Waals surface area (Å²) in [5.41, 5.74) is 0. The van der Waals surface area contributed by atoms with Crippen molar-refractivity contribution in [2.45, 2.75) is 0 Å². The number of fused-ring (bicyclic) bond motifs is 2. The molecule has 2 N–H and O–H groups in total. The van der Waals surface area contributed by atoms with Gasteiger partial charge in [-0.05, 0) is 27.6 Å². The van der Waals surface area contributed by atoms with Crippen molar-refractivity contribution in [2.24, 2.45) is 0 Å². The fraction of sp³-hybridized carbons (Fsp3) is 0. The standard InChI is InChI=1S/C14H11O3P/c15-18(16,17)14-12-7-3-1-5-10(12)9-11-6-2-4-8-13(11)14/h1-9H,(H2,15,16,17). The van der Waals surface area contributed by atoms with Gasteiger partial charge in [0.25, 0.3) is 0 Å². The van der Waals surface area contributed by atoms with Crippen molar-refractivity contribution in [1.29, 1.82) is 0 Å². The molecule has 0 fully saturated rings. The Kier molecular flexibility index (Phi) is 2.49. The van der Waals surface area contributed by atoms with Crippen molar-refractivity contribution >= 4 is 34.4 Å². The van der Waals surface area contributed by atoms with Gasteiger partial charge in [-0.15, -0.1) is 0 Å². The molecule has 3 rings (SSSR count). The van der Waals surface area contributed by atoms with E-state index in [0.717, 1.165) is 10.8 Å². The van der Waals surface area contributed by atoms with Crippen molar-refractivity contribution in [2.75, 3.05) is 0 Å².